The van der Waals surface area contributed by atoms with Gasteiger partial charge in [-0.1, -0.05) is 11.6 Å². The van der Waals surface area contributed by atoms with Gasteiger partial charge in [-0.3, -0.25) is 5.10 Å². The number of hydrogen-bond donors (Lipinski definition) is 2. The third-order valence-electron chi connectivity index (χ3n) is 2.66. The second-order valence-corrected chi connectivity index (χ2v) is 5.18. The number of anilines is 1. The van der Waals surface area contributed by atoms with E-state index in [-0.39, 0.29) is 0 Å². The summed E-state index contributed by atoms with van der Waals surface area (Å²) in [6.07, 6.45) is 0. The maximum absolute atomic E-state index is 5.96. The van der Waals surface area contributed by atoms with E-state index in [9.17, 15) is 0 Å². The lowest BCUT2D eigenvalue weighted by atomic mass is 10.2. The molecule has 17 heavy (non-hydrogen) atoms. The largest absolute Gasteiger partial charge is 0.380 e. The summed E-state index contributed by atoms with van der Waals surface area (Å²) in [6, 6.07) is 5.68. The van der Waals surface area contributed by atoms with Gasteiger partial charge in [-0.05, 0) is 48.0 Å². The quantitative estimate of drug-likeness (QED) is 0.897. The predicted octanol–water partition coefficient (Wildman–Crippen LogP) is 4.05. The van der Waals surface area contributed by atoms with Gasteiger partial charge in [0, 0.05) is 27.3 Å². The molecule has 1 aromatic heterocycles. The molecule has 0 saturated carbocycles. The van der Waals surface area contributed by atoms with Crippen molar-refractivity contribution in [3.05, 3.63) is 44.6 Å². The highest BCUT2D eigenvalue weighted by molar-refractivity contribution is 9.10. The van der Waals surface area contributed by atoms with Gasteiger partial charge in [-0.15, -0.1) is 0 Å². The zero-order chi connectivity index (χ0) is 12.4. The van der Waals surface area contributed by atoms with Crippen LogP contribution in [0, 0.1) is 13.8 Å². The number of rotatable bonds is 3. The van der Waals surface area contributed by atoms with E-state index < -0.39 is 0 Å². The summed E-state index contributed by atoms with van der Waals surface area (Å²) < 4.78 is 1.00. The van der Waals surface area contributed by atoms with Crippen LogP contribution in [0.3, 0.4) is 0 Å². The molecule has 0 fully saturated rings. The fraction of sp³-hybridized carbons (Fsp3) is 0.250. The van der Waals surface area contributed by atoms with Crippen molar-refractivity contribution in [3.8, 4) is 0 Å². The van der Waals surface area contributed by atoms with Crippen molar-refractivity contribution < 1.29 is 0 Å². The second kappa shape index (κ2) is 5.10. The van der Waals surface area contributed by atoms with Crippen LogP contribution in [0.5, 0.6) is 0 Å². The molecule has 0 bridgehead atoms. The minimum atomic E-state index is 0.719. The fourth-order valence-corrected chi connectivity index (χ4v) is 2.21. The molecule has 2 aromatic rings. The molecule has 0 saturated heterocycles. The van der Waals surface area contributed by atoms with Crippen LogP contribution in [-0.4, -0.2) is 10.2 Å². The van der Waals surface area contributed by atoms with Gasteiger partial charge in [0.15, 0.2) is 0 Å². The van der Waals surface area contributed by atoms with Crippen LogP contribution in [-0.2, 0) is 6.54 Å². The van der Waals surface area contributed by atoms with Crippen LogP contribution in [0.25, 0.3) is 0 Å². The zero-order valence-electron chi connectivity index (χ0n) is 9.64. The number of hydrogen-bond acceptors (Lipinski definition) is 2. The maximum Gasteiger partial charge on any atom is 0.0643 e. The molecular formula is C12H13BrClN3. The summed E-state index contributed by atoms with van der Waals surface area (Å²) in [5, 5.41) is 11.2. The van der Waals surface area contributed by atoms with Crippen molar-refractivity contribution in [2.45, 2.75) is 20.4 Å². The molecule has 1 aromatic carbocycles. The first-order chi connectivity index (χ1) is 8.08. The number of aromatic amines is 1. The molecule has 3 nitrogen and oxygen atoms in total. The molecule has 5 heteroatoms. The van der Waals surface area contributed by atoms with Gasteiger partial charge in [0.05, 0.1) is 11.4 Å². The SMILES string of the molecule is Cc1n[nH]c(C)c1CNc1cc(Cl)ccc1Br. The van der Waals surface area contributed by atoms with Gasteiger partial charge < -0.3 is 5.32 Å². The summed E-state index contributed by atoms with van der Waals surface area (Å²) in [5.74, 6) is 0. The Morgan fingerprint density at radius 1 is 1.41 bits per heavy atom. The Hall–Kier alpha value is -1.000. The van der Waals surface area contributed by atoms with Crippen molar-refractivity contribution in [1.82, 2.24) is 10.2 Å². The first-order valence-electron chi connectivity index (χ1n) is 5.27. The summed E-state index contributed by atoms with van der Waals surface area (Å²) in [5.41, 5.74) is 4.29. The minimum absolute atomic E-state index is 0.719. The lowest BCUT2D eigenvalue weighted by Crippen LogP contribution is -2.02. The van der Waals surface area contributed by atoms with Crippen molar-refractivity contribution >= 4 is 33.2 Å². The van der Waals surface area contributed by atoms with Crippen molar-refractivity contribution in [2.75, 3.05) is 5.32 Å². The minimum Gasteiger partial charge on any atom is -0.380 e. The van der Waals surface area contributed by atoms with Crippen molar-refractivity contribution in [3.63, 3.8) is 0 Å². The molecule has 2 N–H and O–H groups in total. The Bertz CT molecular complexity index is 517. The normalized spacial score (nSPS) is 10.6. The van der Waals surface area contributed by atoms with Crippen LogP contribution < -0.4 is 5.32 Å². The summed E-state index contributed by atoms with van der Waals surface area (Å²) >= 11 is 9.45. The predicted molar refractivity (Wildman–Crippen MR) is 74.5 cm³/mol. The number of halogens is 2. The fourth-order valence-electron chi connectivity index (χ4n) is 1.65. The monoisotopic (exact) mass is 313 g/mol. The number of aryl methyl sites for hydroxylation is 2. The third kappa shape index (κ3) is 2.82. The Kier molecular flexibility index (Phi) is 3.74. The highest BCUT2D eigenvalue weighted by Crippen LogP contribution is 2.26. The second-order valence-electron chi connectivity index (χ2n) is 3.89. The summed E-state index contributed by atoms with van der Waals surface area (Å²) in [7, 11) is 0. The molecule has 0 aliphatic rings. The molecule has 90 valence electrons. The van der Waals surface area contributed by atoms with E-state index in [0.29, 0.717) is 0 Å². The molecule has 0 amide bonds. The Morgan fingerprint density at radius 3 is 2.82 bits per heavy atom. The van der Waals surface area contributed by atoms with E-state index in [1.807, 2.05) is 32.0 Å². The molecule has 0 aliphatic heterocycles. The zero-order valence-corrected chi connectivity index (χ0v) is 12.0. The maximum atomic E-state index is 5.96. The van der Waals surface area contributed by atoms with Gasteiger partial charge in [-0.2, -0.15) is 5.10 Å². The Morgan fingerprint density at radius 2 is 2.18 bits per heavy atom. The number of H-pyrrole nitrogens is 1. The summed E-state index contributed by atoms with van der Waals surface area (Å²) in [4.78, 5) is 0. The number of aromatic nitrogens is 2. The standard InChI is InChI=1S/C12H13BrClN3/c1-7-10(8(2)17-16-7)6-15-12-5-9(14)3-4-11(12)13/h3-5,15H,6H2,1-2H3,(H,16,17). The van der Waals surface area contributed by atoms with E-state index >= 15 is 0 Å². The van der Waals surface area contributed by atoms with Gasteiger partial charge >= 0.3 is 0 Å². The van der Waals surface area contributed by atoms with E-state index in [0.717, 1.165) is 33.1 Å². The van der Waals surface area contributed by atoms with Crippen LogP contribution in [0.15, 0.2) is 22.7 Å². The number of benzene rings is 1. The van der Waals surface area contributed by atoms with Gasteiger partial charge in [0.25, 0.3) is 0 Å². The van der Waals surface area contributed by atoms with Crippen LogP contribution in [0.4, 0.5) is 5.69 Å². The lowest BCUT2D eigenvalue weighted by molar-refractivity contribution is 1.02. The molecule has 0 unspecified atom stereocenters. The molecule has 0 atom stereocenters. The van der Waals surface area contributed by atoms with E-state index in [4.69, 9.17) is 11.6 Å². The Balaban J connectivity index is 2.15. The third-order valence-corrected chi connectivity index (χ3v) is 3.59. The molecule has 0 radical (unpaired) electrons. The van der Waals surface area contributed by atoms with Crippen LogP contribution >= 0.6 is 27.5 Å². The summed E-state index contributed by atoms with van der Waals surface area (Å²) in [6.45, 7) is 4.74. The van der Waals surface area contributed by atoms with E-state index in [2.05, 4.69) is 31.4 Å². The van der Waals surface area contributed by atoms with Crippen LogP contribution in [0.2, 0.25) is 5.02 Å². The van der Waals surface area contributed by atoms with E-state index in [1.165, 1.54) is 5.56 Å². The highest BCUT2D eigenvalue weighted by atomic mass is 79.9. The molecule has 0 aliphatic carbocycles. The van der Waals surface area contributed by atoms with Crippen molar-refractivity contribution in [1.29, 1.82) is 0 Å². The van der Waals surface area contributed by atoms with E-state index in [1.54, 1.807) is 0 Å². The smallest absolute Gasteiger partial charge is 0.0643 e. The molecule has 2 rings (SSSR count). The topological polar surface area (TPSA) is 40.7 Å². The molecular weight excluding hydrogens is 302 g/mol. The Labute approximate surface area is 114 Å². The highest BCUT2D eigenvalue weighted by Gasteiger charge is 2.07. The van der Waals surface area contributed by atoms with Gasteiger partial charge in [0.1, 0.15) is 0 Å². The number of nitrogens with zero attached hydrogens (tertiary/aromatic N) is 1. The first kappa shape index (κ1) is 12.5. The van der Waals surface area contributed by atoms with Crippen LogP contribution in [0.1, 0.15) is 17.0 Å². The first-order valence-corrected chi connectivity index (χ1v) is 6.44. The lowest BCUT2D eigenvalue weighted by Gasteiger charge is -2.09. The average Bonchev–Trinajstić information content (AvgIpc) is 2.61. The average molecular weight is 315 g/mol. The molecule has 0 spiro atoms. The van der Waals surface area contributed by atoms with Gasteiger partial charge in [-0.25, -0.2) is 0 Å². The van der Waals surface area contributed by atoms with Crippen molar-refractivity contribution in [2.24, 2.45) is 0 Å². The molecule has 1 heterocycles. The van der Waals surface area contributed by atoms with Gasteiger partial charge in [0.2, 0.25) is 0 Å². The number of nitrogens with one attached hydrogen (secondary N) is 2.